The van der Waals surface area contributed by atoms with Crippen LogP contribution in [0.4, 0.5) is 0 Å². The zero-order valence-electron chi connectivity index (χ0n) is 4.94. The van der Waals surface area contributed by atoms with Crippen molar-refractivity contribution >= 4 is 23.4 Å². The Labute approximate surface area is 55.1 Å². The van der Waals surface area contributed by atoms with Crippen molar-refractivity contribution in [1.82, 2.24) is 0 Å². The van der Waals surface area contributed by atoms with Gasteiger partial charge in [-0.25, -0.2) is 0 Å². The normalized spacial score (nSPS) is 8.62. The van der Waals surface area contributed by atoms with E-state index in [1.807, 2.05) is 0 Å². The molecular formula is C6H9OS. The van der Waals surface area contributed by atoms with Gasteiger partial charge in [-0.15, -0.1) is 0 Å². The largest absolute Gasteiger partial charge is 0.284 e. The molecule has 0 aromatic rings. The third-order valence-electron chi connectivity index (χ3n) is 0.871. The molecule has 0 fully saturated rings. The summed E-state index contributed by atoms with van der Waals surface area (Å²) in [7, 11) is 0. The minimum atomic E-state index is 0.423. The Morgan fingerprint density at radius 1 is 1.75 bits per heavy atom. The molecule has 0 aliphatic carbocycles. The van der Waals surface area contributed by atoms with Gasteiger partial charge in [-0.05, 0) is 12.8 Å². The maximum atomic E-state index is 9.74. The predicted octanol–water partition coefficient (Wildman–Crippen LogP) is 1.66. The first-order valence-corrected chi connectivity index (χ1v) is 3.13. The van der Waals surface area contributed by atoms with Crippen molar-refractivity contribution in [2.75, 3.05) is 0 Å². The minimum Gasteiger partial charge on any atom is -0.284 e. The molecule has 0 aromatic carbocycles. The number of rotatable bonds is 4. The highest BCUT2D eigenvalue weighted by molar-refractivity contribution is 7.81. The molecule has 0 spiro atoms. The summed E-state index contributed by atoms with van der Waals surface area (Å²) in [5.74, 6) is 0. The topological polar surface area (TPSA) is 17.1 Å². The molecule has 2 heteroatoms. The molecule has 0 heterocycles. The van der Waals surface area contributed by atoms with Crippen LogP contribution >= 0.6 is 12.2 Å². The lowest BCUT2D eigenvalue weighted by Gasteiger charge is -1.88. The fourth-order valence-corrected chi connectivity index (χ4v) is 0.533. The molecule has 0 bridgehead atoms. The Hall–Kier alpha value is -0.240. The van der Waals surface area contributed by atoms with Crippen LogP contribution in [0.15, 0.2) is 0 Å². The van der Waals surface area contributed by atoms with Gasteiger partial charge in [-0.1, -0.05) is 25.6 Å². The van der Waals surface area contributed by atoms with Crippen molar-refractivity contribution in [3.05, 3.63) is 0 Å². The van der Waals surface area contributed by atoms with Crippen LogP contribution in [0.3, 0.4) is 0 Å². The fraction of sp³-hybridized carbons (Fsp3) is 0.667. The van der Waals surface area contributed by atoms with Gasteiger partial charge in [0.2, 0.25) is 6.29 Å². The van der Waals surface area contributed by atoms with Crippen molar-refractivity contribution in [2.24, 2.45) is 0 Å². The minimum absolute atomic E-state index is 0.423. The van der Waals surface area contributed by atoms with Crippen molar-refractivity contribution in [3.63, 3.8) is 0 Å². The SMILES string of the molecule is CCCCC(=S)[C]=O. The molecule has 0 N–H and O–H groups in total. The summed E-state index contributed by atoms with van der Waals surface area (Å²) in [4.78, 5) is 10.2. The van der Waals surface area contributed by atoms with Gasteiger partial charge in [0.1, 0.15) is 0 Å². The molecule has 0 aromatic heterocycles. The summed E-state index contributed by atoms with van der Waals surface area (Å²) in [6.07, 6.45) is 4.51. The monoisotopic (exact) mass is 129 g/mol. The van der Waals surface area contributed by atoms with Gasteiger partial charge in [-0.2, -0.15) is 0 Å². The maximum Gasteiger partial charge on any atom is 0.240 e. The zero-order valence-corrected chi connectivity index (χ0v) is 5.75. The Kier molecular flexibility index (Phi) is 4.76. The van der Waals surface area contributed by atoms with E-state index in [1.165, 1.54) is 0 Å². The molecule has 8 heavy (non-hydrogen) atoms. The third kappa shape index (κ3) is 3.93. The van der Waals surface area contributed by atoms with Crippen molar-refractivity contribution in [2.45, 2.75) is 26.2 Å². The first kappa shape index (κ1) is 7.76. The Morgan fingerprint density at radius 3 is 2.75 bits per heavy atom. The van der Waals surface area contributed by atoms with Gasteiger partial charge < -0.3 is 0 Å². The van der Waals surface area contributed by atoms with Gasteiger partial charge >= 0.3 is 0 Å². The van der Waals surface area contributed by atoms with E-state index in [0.29, 0.717) is 4.86 Å². The highest BCUT2D eigenvalue weighted by Crippen LogP contribution is 1.94. The summed E-state index contributed by atoms with van der Waals surface area (Å²) in [6.45, 7) is 2.06. The first-order chi connectivity index (χ1) is 3.81. The van der Waals surface area contributed by atoms with Crippen LogP contribution in [-0.2, 0) is 4.79 Å². The number of hydrogen-bond acceptors (Lipinski definition) is 2. The van der Waals surface area contributed by atoms with E-state index in [-0.39, 0.29) is 0 Å². The van der Waals surface area contributed by atoms with Crippen molar-refractivity contribution in [1.29, 1.82) is 0 Å². The summed E-state index contributed by atoms with van der Waals surface area (Å²) in [6, 6.07) is 0. The van der Waals surface area contributed by atoms with E-state index in [2.05, 4.69) is 19.1 Å². The van der Waals surface area contributed by atoms with Crippen LogP contribution in [0.25, 0.3) is 0 Å². The lowest BCUT2D eigenvalue weighted by atomic mass is 10.2. The van der Waals surface area contributed by atoms with E-state index < -0.39 is 0 Å². The second-order valence-electron chi connectivity index (χ2n) is 1.63. The van der Waals surface area contributed by atoms with E-state index in [9.17, 15) is 4.79 Å². The quantitative estimate of drug-likeness (QED) is 0.537. The molecule has 0 rings (SSSR count). The molecule has 0 amide bonds. The predicted molar refractivity (Wildman–Crippen MR) is 37.8 cm³/mol. The Morgan fingerprint density at radius 2 is 2.38 bits per heavy atom. The summed E-state index contributed by atoms with van der Waals surface area (Å²) in [5, 5.41) is 0. The van der Waals surface area contributed by atoms with E-state index in [4.69, 9.17) is 0 Å². The molecule has 0 saturated carbocycles. The number of carbonyl (C=O) groups excluding carboxylic acids is 1. The highest BCUT2D eigenvalue weighted by atomic mass is 32.1. The van der Waals surface area contributed by atoms with Crippen LogP contribution in [0, 0.1) is 0 Å². The zero-order chi connectivity index (χ0) is 6.41. The van der Waals surface area contributed by atoms with E-state index in [1.54, 1.807) is 6.29 Å². The molecule has 45 valence electrons. The van der Waals surface area contributed by atoms with Gasteiger partial charge in [0.25, 0.3) is 0 Å². The molecule has 0 aliphatic heterocycles. The summed E-state index contributed by atoms with van der Waals surface area (Å²) < 4.78 is 0. The van der Waals surface area contributed by atoms with Crippen molar-refractivity contribution in [3.8, 4) is 0 Å². The molecular weight excluding hydrogens is 120 g/mol. The summed E-state index contributed by atoms with van der Waals surface area (Å²) in [5.41, 5.74) is 0. The average Bonchev–Trinajstić information content (AvgIpc) is 1.83. The first-order valence-electron chi connectivity index (χ1n) is 2.72. The second kappa shape index (κ2) is 4.91. The molecule has 0 unspecified atom stereocenters. The van der Waals surface area contributed by atoms with E-state index >= 15 is 0 Å². The van der Waals surface area contributed by atoms with Gasteiger partial charge in [0.15, 0.2) is 0 Å². The van der Waals surface area contributed by atoms with Gasteiger partial charge in [0.05, 0.1) is 4.86 Å². The third-order valence-corrected chi connectivity index (χ3v) is 1.16. The molecule has 0 aliphatic rings. The van der Waals surface area contributed by atoms with Crippen LogP contribution in [0.5, 0.6) is 0 Å². The number of unbranched alkanes of at least 4 members (excludes halogenated alkanes) is 1. The van der Waals surface area contributed by atoms with Crippen LogP contribution < -0.4 is 0 Å². The standard InChI is InChI=1S/C6H9OS/c1-2-3-4-6(8)5-7/h2-4H2,1H3. The molecule has 1 nitrogen and oxygen atoms in total. The summed E-state index contributed by atoms with van der Waals surface area (Å²) >= 11 is 4.60. The Bertz CT molecular complexity index is 88.5. The number of hydrogen-bond donors (Lipinski definition) is 0. The van der Waals surface area contributed by atoms with Crippen LogP contribution in [0.2, 0.25) is 0 Å². The molecule has 0 atom stereocenters. The fourth-order valence-electron chi connectivity index (χ4n) is 0.388. The average molecular weight is 129 g/mol. The van der Waals surface area contributed by atoms with Crippen molar-refractivity contribution < 1.29 is 4.79 Å². The van der Waals surface area contributed by atoms with Crippen LogP contribution in [0.1, 0.15) is 26.2 Å². The smallest absolute Gasteiger partial charge is 0.240 e. The van der Waals surface area contributed by atoms with Gasteiger partial charge in [0, 0.05) is 0 Å². The molecule has 1 radical (unpaired) electrons. The Balaban J connectivity index is 3.11. The number of thiocarbonyl (C=S) groups is 1. The molecule has 0 saturated heterocycles. The lowest BCUT2D eigenvalue weighted by Crippen LogP contribution is -1.93. The maximum absolute atomic E-state index is 9.74. The second-order valence-corrected chi connectivity index (χ2v) is 2.12. The highest BCUT2D eigenvalue weighted by Gasteiger charge is 1.91. The lowest BCUT2D eigenvalue weighted by molar-refractivity contribution is 0.566. The van der Waals surface area contributed by atoms with Crippen LogP contribution in [-0.4, -0.2) is 11.2 Å². The van der Waals surface area contributed by atoms with Gasteiger partial charge in [-0.3, -0.25) is 4.79 Å². The van der Waals surface area contributed by atoms with E-state index in [0.717, 1.165) is 19.3 Å².